The minimum atomic E-state index is -0.0842. The Morgan fingerprint density at radius 1 is 1.00 bits per heavy atom. The van der Waals surface area contributed by atoms with Gasteiger partial charge in [-0.15, -0.1) is 0 Å². The lowest BCUT2D eigenvalue weighted by molar-refractivity contribution is 0.00881. The monoisotopic (exact) mass is 258 g/mol. The standard InChI is InChI=1S/C16H22N2O/c17-15-9-16(14-4-2-1-3-13(14)15)18-10-5-6-11(18)8-12(19)7-10/h1-4,10-12,15-16,19H,5-9,17H2. The van der Waals surface area contributed by atoms with Crippen molar-refractivity contribution < 1.29 is 5.11 Å². The van der Waals surface area contributed by atoms with Gasteiger partial charge in [-0.1, -0.05) is 24.3 Å². The summed E-state index contributed by atoms with van der Waals surface area (Å²) in [7, 11) is 0. The molecule has 3 N–H and O–H groups in total. The second-order valence-electron chi connectivity index (χ2n) is 6.44. The molecule has 3 heteroatoms. The van der Waals surface area contributed by atoms with Crippen molar-refractivity contribution in [2.45, 2.75) is 62.4 Å². The predicted octanol–water partition coefficient (Wildman–Crippen LogP) is 2.12. The number of aliphatic hydroxyl groups excluding tert-OH is 1. The number of nitrogens with zero attached hydrogens (tertiary/aromatic N) is 1. The first-order valence-corrected chi connectivity index (χ1v) is 7.54. The molecular formula is C16H22N2O. The van der Waals surface area contributed by atoms with Crippen LogP contribution >= 0.6 is 0 Å². The molecule has 4 rings (SSSR count). The van der Waals surface area contributed by atoms with Crippen molar-refractivity contribution >= 4 is 0 Å². The first-order chi connectivity index (χ1) is 9.24. The minimum absolute atomic E-state index is 0.0842. The summed E-state index contributed by atoms with van der Waals surface area (Å²) in [5.74, 6) is 0. The average molecular weight is 258 g/mol. The Morgan fingerprint density at radius 3 is 2.32 bits per heavy atom. The van der Waals surface area contributed by atoms with Crippen LogP contribution in [0.1, 0.15) is 55.3 Å². The van der Waals surface area contributed by atoms with Crippen molar-refractivity contribution in [1.29, 1.82) is 0 Å². The highest BCUT2D eigenvalue weighted by Gasteiger charge is 2.46. The van der Waals surface area contributed by atoms with E-state index in [2.05, 4.69) is 29.2 Å². The number of hydrogen-bond acceptors (Lipinski definition) is 3. The molecule has 4 unspecified atom stereocenters. The highest BCUT2D eigenvalue weighted by Crippen LogP contribution is 2.48. The van der Waals surface area contributed by atoms with Gasteiger partial charge in [-0.2, -0.15) is 0 Å². The van der Waals surface area contributed by atoms with Crippen LogP contribution in [0.3, 0.4) is 0 Å². The van der Waals surface area contributed by atoms with E-state index in [0.29, 0.717) is 18.1 Å². The summed E-state index contributed by atoms with van der Waals surface area (Å²) in [6, 6.07) is 10.5. The Kier molecular flexibility index (Phi) is 2.69. The number of aliphatic hydroxyl groups is 1. The maximum Gasteiger partial charge on any atom is 0.0570 e. The third-order valence-electron chi connectivity index (χ3n) is 5.36. The maximum absolute atomic E-state index is 9.95. The fraction of sp³-hybridized carbons (Fsp3) is 0.625. The number of piperidine rings is 1. The van der Waals surface area contributed by atoms with Crippen LogP contribution in [0.2, 0.25) is 0 Å². The minimum Gasteiger partial charge on any atom is -0.393 e. The molecule has 102 valence electrons. The summed E-state index contributed by atoms with van der Waals surface area (Å²) in [6.07, 6.45) is 5.35. The molecule has 1 aromatic carbocycles. The van der Waals surface area contributed by atoms with Gasteiger partial charge in [-0.25, -0.2) is 0 Å². The summed E-state index contributed by atoms with van der Waals surface area (Å²) in [5, 5.41) is 9.95. The molecule has 4 atom stereocenters. The molecule has 1 aliphatic carbocycles. The molecule has 2 saturated heterocycles. The second kappa shape index (κ2) is 4.30. The van der Waals surface area contributed by atoms with Crippen LogP contribution in [0, 0.1) is 0 Å². The molecule has 2 heterocycles. The zero-order valence-electron chi connectivity index (χ0n) is 11.2. The predicted molar refractivity (Wildman–Crippen MR) is 74.6 cm³/mol. The molecule has 0 aromatic heterocycles. The average Bonchev–Trinajstić information content (AvgIpc) is 2.86. The van der Waals surface area contributed by atoms with Gasteiger partial charge in [0.25, 0.3) is 0 Å². The normalized spacial score (nSPS) is 41.5. The molecule has 1 aromatic rings. The van der Waals surface area contributed by atoms with Crippen LogP contribution in [-0.4, -0.2) is 28.2 Å². The number of fused-ring (bicyclic) bond motifs is 3. The van der Waals surface area contributed by atoms with Gasteiger partial charge in [0.1, 0.15) is 0 Å². The molecule has 0 amide bonds. The van der Waals surface area contributed by atoms with E-state index in [1.807, 2.05) is 0 Å². The maximum atomic E-state index is 9.95. The van der Waals surface area contributed by atoms with Gasteiger partial charge in [0.15, 0.2) is 0 Å². The van der Waals surface area contributed by atoms with E-state index >= 15 is 0 Å². The third-order valence-corrected chi connectivity index (χ3v) is 5.36. The van der Waals surface area contributed by atoms with Crippen LogP contribution in [0.5, 0.6) is 0 Å². The number of hydrogen-bond donors (Lipinski definition) is 2. The lowest BCUT2D eigenvalue weighted by Gasteiger charge is -2.41. The zero-order chi connectivity index (χ0) is 13.0. The Hall–Kier alpha value is -0.900. The Labute approximate surface area is 114 Å². The molecule has 2 aliphatic heterocycles. The fourth-order valence-electron chi connectivity index (χ4n) is 4.62. The van der Waals surface area contributed by atoms with Gasteiger partial charge in [-0.3, -0.25) is 4.90 Å². The first kappa shape index (κ1) is 11.9. The molecule has 0 radical (unpaired) electrons. The SMILES string of the molecule is NC1CC(N2C3CCC2CC(O)C3)c2ccccc21. The summed E-state index contributed by atoms with van der Waals surface area (Å²) >= 11 is 0. The van der Waals surface area contributed by atoms with E-state index in [1.54, 1.807) is 0 Å². The first-order valence-electron chi connectivity index (χ1n) is 7.54. The molecule has 3 aliphatic rings. The highest BCUT2D eigenvalue weighted by atomic mass is 16.3. The Morgan fingerprint density at radius 2 is 1.63 bits per heavy atom. The molecular weight excluding hydrogens is 236 g/mol. The lowest BCUT2D eigenvalue weighted by atomic mass is 9.95. The van der Waals surface area contributed by atoms with Crippen LogP contribution in [-0.2, 0) is 0 Å². The number of nitrogens with two attached hydrogens (primary N) is 1. The quantitative estimate of drug-likeness (QED) is 0.811. The topological polar surface area (TPSA) is 49.5 Å². The van der Waals surface area contributed by atoms with Crippen molar-refractivity contribution in [2.24, 2.45) is 5.73 Å². The van der Waals surface area contributed by atoms with Gasteiger partial charge in [-0.05, 0) is 43.2 Å². The van der Waals surface area contributed by atoms with Crippen LogP contribution in [0.15, 0.2) is 24.3 Å². The summed E-state index contributed by atoms with van der Waals surface area (Å²) in [5.41, 5.74) is 9.07. The van der Waals surface area contributed by atoms with E-state index in [0.717, 1.165) is 19.3 Å². The Balaban J connectivity index is 1.68. The molecule has 19 heavy (non-hydrogen) atoms. The lowest BCUT2D eigenvalue weighted by Crippen LogP contribution is -2.46. The van der Waals surface area contributed by atoms with Gasteiger partial charge in [0, 0.05) is 24.2 Å². The molecule has 0 spiro atoms. The van der Waals surface area contributed by atoms with Crippen molar-refractivity contribution in [1.82, 2.24) is 4.90 Å². The largest absolute Gasteiger partial charge is 0.393 e. The van der Waals surface area contributed by atoms with Crippen molar-refractivity contribution in [3.8, 4) is 0 Å². The summed E-state index contributed by atoms with van der Waals surface area (Å²) in [4.78, 5) is 2.68. The van der Waals surface area contributed by atoms with Crippen molar-refractivity contribution in [3.05, 3.63) is 35.4 Å². The van der Waals surface area contributed by atoms with Crippen molar-refractivity contribution in [3.63, 3.8) is 0 Å². The molecule has 3 nitrogen and oxygen atoms in total. The van der Waals surface area contributed by atoms with E-state index in [1.165, 1.54) is 24.0 Å². The highest BCUT2D eigenvalue weighted by molar-refractivity contribution is 5.38. The summed E-state index contributed by atoms with van der Waals surface area (Å²) < 4.78 is 0. The van der Waals surface area contributed by atoms with Crippen molar-refractivity contribution in [2.75, 3.05) is 0 Å². The number of benzene rings is 1. The molecule has 0 saturated carbocycles. The van der Waals surface area contributed by atoms with E-state index < -0.39 is 0 Å². The molecule has 2 bridgehead atoms. The van der Waals surface area contributed by atoms with Crippen LogP contribution in [0.4, 0.5) is 0 Å². The van der Waals surface area contributed by atoms with Gasteiger partial charge < -0.3 is 10.8 Å². The van der Waals surface area contributed by atoms with Crippen LogP contribution < -0.4 is 5.73 Å². The smallest absolute Gasteiger partial charge is 0.0570 e. The molecule has 2 fully saturated rings. The van der Waals surface area contributed by atoms with Gasteiger partial charge in [0.2, 0.25) is 0 Å². The fourth-order valence-corrected chi connectivity index (χ4v) is 4.62. The summed E-state index contributed by atoms with van der Waals surface area (Å²) in [6.45, 7) is 0. The van der Waals surface area contributed by atoms with E-state index in [4.69, 9.17) is 5.73 Å². The third kappa shape index (κ3) is 1.76. The van der Waals surface area contributed by atoms with Gasteiger partial charge >= 0.3 is 0 Å². The Bertz CT molecular complexity index is 475. The van der Waals surface area contributed by atoms with E-state index in [9.17, 15) is 5.11 Å². The number of rotatable bonds is 1. The van der Waals surface area contributed by atoms with E-state index in [-0.39, 0.29) is 12.1 Å². The van der Waals surface area contributed by atoms with Gasteiger partial charge in [0.05, 0.1) is 6.10 Å². The second-order valence-corrected chi connectivity index (χ2v) is 6.44. The zero-order valence-corrected chi connectivity index (χ0v) is 11.2. The van der Waals surface area contributed by atoms with Crippen LogP contribution in [0.25, 0.3) is 0 Å².